The van der Waals surface area contributed by atoms with Gasteiger partial charge in [-0.05, 0) is 43.5 Å². The molecule has 1 N–H and O–H groups in total. The maximum absolute atomic E-state index is 12.3. The molecule has 1 heterocycles. The highest BCUT2D eigenvalue weighted by Gasteiger charge is 2.26. The van der Waals surface area contributed by atoms with E-state index in [1.807, 2.05) is 20.8 Å². The quantitative estimate of drug-likeness (QED) is 0.905. The second kappa shape index (κ2) is 6.15. The first-order valence-electron chi connectivity index (χ1n) is 7.34. The summed E-state index contributed by atoms with van der Waals surface area (Å²) in [5.74, 6) is 0.0714. The fraction of sp³-hybridized carbons (Fsp3) is 0.533. The van der Waals surface area contributed by atoms with Gasteiger partial charge in [-0.1, -0.05) is 13.8 Å². The van der Waals surface area contributed by atoms with Crippen LogP contribution in [0, 0.1) is 0 Å². The van der Waals surface area contributed by atoms with Crippen LogP contribution in [0.2, 0.25) is 0 Å². The third kappa shape index (κ3) is 3.27. The van der Waals surface area contributed by atoms with Crippen molar-refractivity contribution in [2.24, 2.45) is 0 Å². The zero-order valence-electron chi connectivity index (χ0n) is 12.7. The van der Waals surface area contributed by atoms with E-state index < -0.39 is 10.0 Å². The minimum absolute atomic E-state index is 0.0714. The number of benzene rings is 1. The van der Waals surface area contributed by atoms with Crippen molar-refractivity contribution in [3.63, 3.8) is 0 Å². The van der Waals surface area contributed by atoms with E-state index in [-0.39, 0.29) is 16.8 Å². The maximum Gasteiger partial charge on any atom is 0.240 e. The summed E-state index contributed by atoms with van der Waals surface area (Å²) in [6, 6.07) is 4.90. The average Bonchev–Trinajstić information content (AvgIpc) is 2.88. The van der Waals surface area contributed by atoms with Crippen molar-refractivity contribution in [3.8, 4) is 0 Å². The van der Waals surface area contributed by atoms with E-state index in [1.54, 1.807) is 23.1 Å². The Morgan fingerprint density at radius 1 is 1.38 bits per heavy atom. The summed E-state index contributed by atoms with van der Waals surface area (Å²) in [5, 5.41) is 0. The Balaban J connectivity index is 2.29. The minimum Gasteiger partial charge on any atom is -0.312 e. The van der Waals surface area contributed by atoms with Gasteiger partial charge in [0.05, 0.1) is 4.90 Å². The van der Waals surface area contributed by atoms with Crippen molar-refractivity contribution in [3.05, 3.63) is 23.8 Å². The molecule has 1 aromatic rings. The van der Waals surface area contributed by atoms with Crippen LogP contribution in [-0.4, -0.2) is 26.9 Å². The number of anilines is 1. The fourth-order valence-electron chi connectivity index (χ4n) is 2.41. The van der Waals surface area contributed by atoms with Gasteiger partial charge in [-0.15, -0.1) is 0 Å². The van der Waals surface area contributed by atoms with Gasteiger partial charge in [0.2, 0.25) is 15.9 Å². The summed E-state index contributed by atoms with van der Waals surface area (Å²) in [6.45, 7) is 6.23. The summed E-state index contributed by atoms with van der Waals surface area (Å²) in [5.41, 5.74) is 1.76. The molecule has 116 valence electrons. The number of sulfonamides is 1. The van der Waals surface area contributed by atoms with Gasteiger partial charge in [-0.25, -0.2) is 13.1 Å². The summed E-state index contributed by atoms with van der Waals surface area (Å²) in [6.07, 6.45) is 1.89. The Hall–Kier alpha value is -1.40. The van der Waals surface area contributed by atoms with Crippen LogP contribution < -0.4 is 9.62 Å². The van der Waals surface area contributed by atoms with E-state index in [2.05, 4.69) is 4.72 Å². The lowest BCUT2D eigenvalue weighted by atomic mass is 10.2. The molecule has 2 rings (SSSR count). The first-order chi connectivity index (χ1) is 9.89. The van der Waals surface area contributed by atoms with E-state index in [0.29, 0.717) is 19.4 Å². The monoisotopic (exact) mass is 310 g/mol. The Morgan fingerprint density at radius 3 is 2.71 bits per heavy atom. The van der Waals surface area contributed by atoms with Crippen molar-refractivity contribution in [2.75, 3.05) is 11.4 Å². The second-order valence-electron chi connectivity index (χ2n) is 5.37. The van der Waals surface area contributed by atoms with Crippen LogP contribution in [0.5, 0.6) is 0 Å². The Labute approximate surface area is 126 Å². The number of nitrogens with zero attached hydrogens (tertiary/aromatic N) is 1. The van der Waals surface area contributed by atoms with Crippen LogP contribution in [0.25, 0.3) is 0 Å². The van der Waals surface area contributed by atoms with Crippen molar-refractivity contribution >= 4 is 21.6 Å². The topological polar surface area (TPSA) is 66.5 Å². The van der Waals surface area contributed by atoms with Crippen LogP contribution in [0.3, 0.4) is 0 Å². The fourth-order valence-corrected chi connectivity index (χ4v) is 3.79. The molecule has 1 amide bonds. The highest BCUT2D eigenvalue weighted by Crippen LogP contribution is 2.30. The van der Waals surface area contributed by atoms with Crippen molar-refractivity contribution in [1.29, 1.82) is 0 Å². The lowest BCUT2D eigenvalue weighted by Gasteiger charge is -2.17. The predicted octanol–water partition coefficient (Wildman–Crippen LogP) is 2.06. The first kappa shape index (κ1) is 16.0. The molecule has 1 aliphatic rings. The van der Waals surface area contributed by atoms with Crippen LogP contribution >= 0.6 is 0 Å². The normalized spacial score (nSPS) is 15.9. The Morgan fingerprint density at radius 2 is 2.10 bits per heavy atom. The van der Waals surface area contributed by atoms with Crippen LogP contribution in [0.15, 0.2) is 23.1 Å². The van der Waals surface area contributed by atoms with E-state index in [1.165, 1.54) is 0 Å². The molecule has 5 nitrogen and oxygen atoms in total. The van der Waals surface area contributed by atoms with Gasteiger partial charge < -0.3 is 4.90 Å². The van der Waals surface area contributed by atoms with Gasteiger partial charge in [0, 0.05) is 24.7 Å². The molecule has 1 atom stereocenters. The molecule has 0 fully saturated rings. The van der Waals surface area contributed by atoms with Gasteiger partial charge in [0.25, 0.3) is 0 Å². The zero-order chi connectivity index (χ0) is 15.6. The number of carbonyl (C=O) groups excluding carboxylic acids is 1. The molecular weight excluding hydrogens is 288 g/mol. The highest BCUT2D eigenvalue weighted by atomic mass is 32.2. The molecule has 0 spiro atoms. The lowest BCUT2D eigenvalue weighted by Crippen LogP contribution is -2.32. The zero-order valence-corrected chi connectivity index (χ0v) is 13.5. The first-order valence-corrected chi connectivity index (χ1v) is 8.83. The van der Waals surface area contributed by atoms with Crippen LogP contribution in [0.4, 0.5) is 5.69 Å². The average molecular weight is 310 g/mol. The molecule has 6 heteroatoms. The minimum atomic E-state index is -3.49. The number of hydrogen-bond donors (Lipinski definition) is 1. The number of nitrogens with one attached hydrogen (secondary N) is 1. The SMILES string of the molecule is CCC(=O)N1CCc2cc(S(=O)(=O)NC(C)CC)ccc21. The summed E-state index contributed by atoms with van der Waals surface area (Å²) < 4.78 is 27.2. The van der Waals surface area contributed by atoms with E-state index in [0.717, 1.165) is 17.7 Å². The van der Waals surface area contributed by atoms with Gasteiger partial charge >= 0.3 is 0 Å². The maximum atomic E-state index is 12.3. The Kier molecular flexibility index (Phi) is 4.68. The van der Waals surface area contributed by atoms with Gasteiger partial charge in [0.1, 0.15) is 0 Å². The Bertz CT molecular complexity index is 640. The van der Waals surface area contributed by atoms with Gasteiger partial charge in [-0.2, -0.15) is 0 Å². The van der Waals surface area contributed by atoms with Gasteiger partial charge in [-0.3, -0.25) is 4.79 Å². The molecule has 1 aromatic carbocycles. The number of hydrogen-bond acceptors (Lipinski definition) is 3. The molecule has 0 saturated heterocycles. The third-order valence-electron chi connectivity index (χ3n) is 3.83. The van der Waals surface area contributed by atoms with Crippen molar-refractivity contribution in [1.82, 2.24) is 4.72 Å². The highest BCUT2D eigenvalue weighted by molar-refractivity contribution is 7.89. The number of amides is 1. The molecule has 1 aliphatic heterocycles. The molecular formula is C15H22N2O3S. The number of carbonyl (C=O) groups is 1. The molecule has 0 aliphatic carbocycles. The standard InChI is InChI=1S/C15H22N2O3S/c1-4-11(3)16-21(19,20)13-6-7-14-12(10-13)8-9-17(14)15(18)5-2/h6-7,10-11,16H,4-5,8-9H2,1-3H3. The molecule has 0 aromatic heterocycles. The molecule has 0 saturated carbocycles. The van der Waals surface area contributed by atoms with E-state index in [4.69, 9.17) is 0 Å². The molecule has 0 radical (unpaired) electrons. The van der Waals surface area contributed by atoms with Crippen molar-refractivity contribution in [2.45, 2.75) is 51.0 Å². The third-order valence-corrected chi connectivity index (χ3v) is 5.42. The molecule has 21 heavy (non-hydrogen) atoms. The lowest BCUT2D eigenvalue weighted by molar-refractivity contribution is -0.118. The van der Waals surface area contributed by atoms with Crippen molar-refractivity contribution < 1.29 is 13.2 Å². The second-order valence-corrected chi connectivity index (χ2v) is 7.08. The molecule has 0 bridgehead atoms. The number of rotatable bonds is 5. The smallest absolute Gasteiger partial charge is 0.240 e. The van der Waals surface area contributed by atoms with E-state index in [9.17, 15) is 13.2 Å². The van der Waals surface area contributed by atoms with Crippen LogP contribution in [0.1, 0.15) is 39.2 Å². The summed E-state index contributed by atoms with van der Waals surface area (Å²) in [4.78, 5) is 13.8. The predicted molar refractivity (Wildman–Crippen MR) is 82.9 cm³/mol. The van der Waals surface area contributed by atoms with Crippen LogP contribution in [-0.2, 0) is 21.2 Å². The summed E-state index contributed by atoms with van der Waals surface area (Å²) in [7, 11) is -3.49. The summed E-state index contributed by atoms with van der Waals surface area (Å²) >= 11 is 0. The van der Waals surface area contributed by atoms with Gasteiger partial charge in [0.15, 0.2) is 0 Å². The largest absolute Gasteiger partial charge is 0.312 e. The number of fused-ring (bicyclic) bond motifs is 1. The van der Waals surface area contributed by atoms with E-state index >= 15 is 0 Å². The molecule has 1 unspecified atom stereocenters.